The molecule has 2 aromatic carbocycles. The Hall–Kier alpha value is -3.59. The smallest absolute Gasteiger partial charge is 0.416 e. The van der Waals surface area contributed by atoms with Crippen LogP contribution >= 0.6 is 11.6 Å². The van der Waals surface area contributed by atoms with Crippen molar-refractivity contribution in [3.8, 4) is 11.5 Å². The number of aromatic nitrogens is 1. The van der Waals surface area contributed by atoms with Gasteiger partial charge in [-0.3, -0.25) is 9.59 Å². The van der Waals surface area contributed by atoms with E-state index in [2.05, 4.69) is 10.3 Å². The maximum atomic E-state index is 13.5. The van der Waals surface area contributed by atoms with Crippen molar-refractivity contribution in [2.45, 2.75) is 26.9 Å². The van der Waals surface area contributed by atoms with Crippen molar-refractivity contribution in [1.82, 2.24) is 4.98 Å². The Morgan fingerprint density at radius 2 is 1.70 bits per heavy atom. The minimum Gasteiger partial charge on any atom is -0.456 e. The molecule has 10 heteroatoms. The predicted octanol–water partition coefficient (Wildman–Crippen LogP) is 5.82. The lowest BCUT2D eigenvalue weighted by atomic mass is 9.99. The number of carbonyl (C=O) groups excluding carboxylic acids is 2. The average molecular weight is 478 g/mol. The van der Waals surface area contributed by atoms with Crippen LogP contribution in [0.4, 0.5) is 18.9 Å². The highest BCUT2D eigenvalue weighted by Gasteiger charge is 2.35. The summed E-state index contributed by atoms with van der Waals surface area (Å²) in [5, 5.41) is 2.96. The fraction of sp³-hybridized carbons (Fsp3) is 0.174. The molecule has 1 heterocycles. The molecule has 33 heavy (non-hydrogen) atoms. The van der Waals surface area contributed by atoms with Crippen LogP contribution in [-0.2, 0) is 6.18 Å². The van der Waals surface area contributed by atoms with Crippen LogP contribution in [0.3, 0.4) is 0 Å². The number of anilines is 1. The first kappa shape index (κ1) is 24.1. The monoisotopic (exact) mass is 477 g/mol. The van der Waals surface area contributed by atoms with E-state index < -0.39 is 23.6 Å². The highest BCUT2D eigenvalue weighted by molar-refractivity contribution is 6.30. The van der Waals surface area contributed by atoms with Gasteiger partial charge in [0, 0.05) is 5.02 Å². The molecular weight excluding hydrogens is 459 g/mol. The van der Waals surface area contributed by atoms with Crippen LogP contribution in [0, 0.1) is 20.8 Å². The fourth-order valence-electron chi connectivity index (χ4n) is 3.34. The van der Waals surface area contributed by atoms with E-state index in [0.717, 1.165) is 12.1 Å². The summed E-state index contributed by atoms with van der Waals surface area (Å²) >= 11 is 6.04. The molecule has 0 radical (unpaired) electrons. The number of alkyl halides is 3. The van der Waals surface area contributed by atoms with Gasteiger partial charge >= 0.3 is 6.18 Å². The van der Waals surface area contributed by atoms with E-state index >= 15 is 0 Å². The van der Waals surface area contributed by atoms with E-state index in [-0.39, 0.29) is 28.3 Å². The molecule has 0 bridgehead atoms. The van der Waals surface area contributed by atoms with Crippen LogP contribution in [0.5, 0.6) is 11.5 Å². The molecule has 6 nitrogen and oxygen atoms in total. The number of nitrogens with zero attached hydrogens (tertiary/aromatic N) is 1. The van der Waals surface area contributed by atoms with Gasteiger partial charge in [-0.15, -0.1) is 0 Å². The zero-order chi connectivity index (χ0) is 24.5. The van der Waals surface area contributed by atoms with Gasteiger partial charge in [0.05, 0.1) is 23.0 Å². The third-order valence-corrected chi connectivity index (χ3v) is 5.09. The molecule has 0 fully saturated rings. The third-order valence-electron chi connectivity index (χ3n) is 4.87. The van der Waals surface area contributed by atoms with Crippen LogP contribution in [0.1, 0.15) is 43.1 Å². The number of aryl methyl sites for hydroxylation is 2. The second-order valence-electron chi connectivity index (χ2n) is 7.33. The van der Waals surface area contributed by atoms with Gasteiger partial charge in [-0.05, 0) is 73.9 Å². The number of primary amides is 1. The van der Waals surface area contributed by atoms with Crippen molar-refractivity contribution in [1.29, 1.82) is 0 Å². The Morgan fingerprint density at radius 3 is 2.21 bits per heavy atom. The van der Waals surface area contributed by atoms with E-state index in [4.69, 9.17) is 22.1 Å². The summed E-state index contributed by atoms with van der Waals surface area (Å²) < 4.78 is 46.5. The Morgan fingerprint density at radius 1 is 1.06 bits per heavy atom. The van der Waals surface area contributed by atoms with E-state index in [0.29, 0.717) is 21.9 Å². The zero-order valence-electron chi connectivity index (χ0n) is 17.8. The molecule has 0 aliphatic carbocycles. The minimum atomic E-state index is -4.67. The first-order valence-corrected chi connectivity index (χ1v) is 9.99. The quantitative estimate of drug-likeness (QED) is 0.484. The van der Waals surface area contributed by atoms with Crippen molar-refractivity contribution in [2.75, 3.05) is 5.32 Å². The summed E-state index contributed by atoms with van der Waals surface area (Å²) in [6, 6.07) is 7.91. The van der Waals surface area contributed by atoms with Crippen LogP contribution in [0.15, 0.2) is 42.6 Å². The van der Waals surface area contributed by atoms with Gasteiger partial charge in [0.15, 0.2) is 0 Å². The van der Waals surface area contributed by atoms with Gasteiger partial charge in [-0.25, -0.2) is 4.98 Å². The predicted molar refractivity (Wildman–Crippen MR) is 118 cm³/mol. The van der Waals surface area contributed by atoms with Crippen molar-refractivity contribution in [2.24, 2.45) is 5.73 Å². The highest BCUT2D eigenvalue weighted by Crippen LogP contribution is 2.39. The zero-order valence-corrected chi connectivity index (χ0v) is 18.6. The maximum absolute atomic E-state index is 13.5. The summed E-state index contributed by atoms with van der Waals surface area (Å²) in [4.78, 5) is 28.0. The number of benzene rings is 2. The second kappa shape index (κ2) is 9.11. The second-order valence-corrected chi connectivity index (χ2v) is 7.77. The summed E-state index contributed by atoms with van der Waals surface area (Å²) in [6.07, 6.45) is -3.50. The van der Waals surface area contributed by atoms with Gasteiger partial charge in [0.25, 0.3) is 11.8 Å². The third kappa shape index (κ3) is 5.25. The molecular formula is C23H19ClF3N3O3. The topological polar surface area (TPSA) is 94.3 Å². The summed E-state index contributed by atoms with van der Waals surface area (Å²) in [5.41, 5.74) is 5.01. The molecule has 172 valence electrons. The van der Waals surface area contributed by atoms with Crippen molar-refractivity contribution in [3.05, 3.63) is 81.1 Å². The summed E-state index contributed by atoms with van der Waals surface area (Å²) in [6.45, 7) is 4.66. The van der Waals surface area contributed by atoms with Crippen LogP contribution in [0.25, 0.3) is 0 Å². The molecule has 0 unspecified atom stereocenters. The molecule has 1 aromatic heterocycles. The molecule has 3 N–H and O–H groups in total. The minimum absolute atomic E-state index is 0.0269. The van der Waals surface area contributed by atoms with Gasteiger partial charge in [0.2, 0.25) is 0 Å². The number of halogens is 4. The lowest BCUT2D eigenvalue weighted by Gasteiger charge is -2.19. The summed E-state index contributed by atoms with van der Waals surface area (Å²) in [5.74, 6) is -1.29. The van der Waals surface area contributed by atoms with Crippen molar-refractivity contribution < 1.29 is 27.5 Å². The first-order chi connectivity index (χ1) is 15.4. The molecule has 3 rings (SSSR count). The number of carbonyl (C=O) groups is 2. The van der Waals surface area contributed by atoms with Crippen LogP contribution < -0.4 is 15.8 Å². The number of amides is 2. The number of nitrogens with two attached hydrogens (primary N) is 1. The highest BCUT2D eigenvalue weighted by atomic mass is 35.5. The van der Waals surface area contributed by atoms with Crippen molar-refractivity contribution >= 4 is 29.1 Å². The molecule has 0 atom stereocenters. The first-order valence-electron chi connectivity index (χ1n) is 9.61. The summed E-state index contributed by atoms with van der Waals surface area (Å²) in [7, 11) is 0. The average Bonchev–Trinajstić information content (AvgIpc) is 2.70. The number of ether oxygens (including phenoxy) is 1. The molecule has 0 aliphatic rings. The molecule has 0 aliphatic heterocycles. The van der Waals surface area contributed by atoms with Gasteiger partial charge in [-0.1, -0.05) is 11.6 Å². The molecule has 3 aromatic rings. The molecule has 2 amide bonds. The Bertz CT molecular complexity index is 1220. The van der Waals surface area contributed by atoms with Crippen LogP contribution in [-0.4, -0.2) is 16.8 Å². The Kier molecular flexibility index (Phi) is 6.64. The maximum Gasteiger partial charge on any atom is 0.416 e. The Labute approximate surface area is 192 Å². The molecule has 0 saturated heterocycles. The normalized spacial score (nSPS) is 11.2. The lowest BCUT2D eigenvalue weighted by molar-refractivity contribution is -0.138. The van der Waals surface area contributed by atoms with Gasteiger partial charge in [-0.2, -0.15) is 13.2 Å². The Balaban J connectivity index is 2.07. The van der Waals surface area contributed by atoms with Crippen LogP contribution in [0.2, 0.25) is 5.02 Å². The fourth-order valence-corrected chi connectivity index (χ4v) is 3.66. The SMILES string of the molecule is Cc1cc(Cl)cc(C)c1Oc1ccc(C(F)(F)F)c(C)c1C(=O)Nc1ccc(C(N)=O)nc1. The molecule has 0 spiro atoms. The van der Waals surface area contributed by atoms with Gasteiger partial charge in [0.1, 0.15) is 17.2 Å². The van der Waals surface area contributed by atoms with E-state index in [9.17, 15) is 22.8 Å². The number of nitrogens with one attached hydrogen (secondary N) is 1. The number of rotatable bonds is 5. The van der Waals surface area contributed by atoms with Crippen molar-refractivity contribution in [3.63, 3.8) is 0 Å². The lowest BCUT2D eigenvalue weighted by Crippen LogP contribution is -2.19. The largest absolute Gasteiger partial charge is 0.456 e. The number of hydrogen-bond acceptors (Lipinski definition) is 4. The van der Waals surface area contributed by atoms with E-state index in [1.54, 1.807) is 26.0 Å². The molecule has 0 saturated carbocycles. The standard InChI is InChI=1S/C23H19ClF3N3O3/c1-11-8-14(24)9-12(2)20(11)33-18-7-5-16(23(25,26)27)13(3)19(18)22(32)30-15-4-6-17(21(28)31)29-10-15/h4-10H,1-3H3,(H2,28,31)(H,30,32). The van der Waals surface area contributed by atoms with E-state index in [1.807, 2.05) is 0 Å². The number of pyridine rings is 1. The number of hydrogen-bond donors (Lipinski definition) is 2. The van der Waals surface area contributed by atoms with E-state index in [1.165, 1.54) is 25.3 Å². The van der Waals surface area contributed by atoms with Gasteiger partial charge < -0.3 is 15.8 Å².